The molecule has 0 aliphatic heterocycles. The van der Waals surface area contributed by atoms with Gasteiger partial charge in [-0.15, -0.1) is 0 Å². The first kappa shape index (κ1) is 9.88. The topological polar surface area (TPSA) is 20.3 Å². The average Bonchev–Trinajstić information content (AvgIpc) is 2.33. The molecule has 0 aromatic heterocycles. The Hall–Kier alpha value is -1.66. The zero-order valence-corrected chi connectivity index (χ0v) is 8.97. The van der Waals surface area contributed by atoms with Crippen LogP contribution in [-0.2, 0) is 4.57 Å². The monoisotopic (exact) mass is 215 g/mol. The van der Waals surface area contributed by atoms with Crippen LogP contribution >= 0.6 is 8.61 Å². The van der Waals surface area contributed by atoms with E-state index in [1.807, 2.05) is 60.7 Å². The van der Waals surface area contributed by atoms with Crippen LogP contribution in [0.2, 0.25) is 0 Å². The first-order valence-corrected chi connectivity index (χ1v) is 5.42. The molecule has 2 aromatic rings. The molecule has 3 heteroatoms. The predicted molar refractivity (Wildman–Crippen MR) is 62.6 cm³/mol. The van der Waals surface area contributed by atoms with Crippen molar-refractivity contribution in [2.75, 3.05) is 4.67 Å². The lowest BCUT2D eigenvalue weighted by atomic mass is 10.3. The highest BCUT2D eigenvalue weighted by Gasteiger charge is 2.06. The lowest BCUT2D eigenvalue weighted by Crippen LogP contribution is -2.01. The normalized spacial score (nSPS) is 10.1. The molecule has 2 rings (SSSR count). The van der Waals surface area contributed by atoms with Gasteiger partial charge in [-0.05, 0) is 24.3 Å². The maximum Gasteiger partial charge on any atom is 0.287 e. The molecule has 2 nitrogen and oxygen atoms in total. The summed E-state index contributed by atoms with van der Waals surface area (Å²) in [4.78, 5) is 0. The van der Waals surface area contributed by atoms with Gasteiger partial charge in [0, 0.05) is 0 Å². The summed E-state index contributed by atoms with van der Waals surface area (Å²) in [5.74, 6) is 0. The van der Waals surface area contributed by atoms with Crippen molar-refractivity contribution in [3.05, 3.63) is 60.7 Å². The summed E-state index contributed by atoms with van der Waals surface area (Å²) < 4.78 is 12.8. The molecule has 15 heavy (non-hydrogen) atoms. The smallest absolute Gasteiger partial charge is 0.260 e. The summed E-state index contributed by atoms with van der Waals surface area (Å²) in [5.41, 5.74) is 1.83. The lowest BCUT2D eigenvalue weighted by molar-refractivity contribution is 0.598. The van der Waals surface area contributed by atoms with Gasteiger partial charge in [-0.1, -0.05) is 36.4 Å². The largest absolute Gasteiger partial charge is 0.287 e. The van der Waals surface area contributed by atoms with Gasteiger partial charge in [0.15, 0.2) is 0 Å². The second kappa shape index (κ2) is 4.72. The number of anilines is 2. The molecule has 0 N–H and O–H groups in total. The fourth-order valence-corrected chi connectivity index (χ4v) is 1.84. The first-order chi connectivity index (χ1) is 7.42. The Labute approximate surface area is 90.4 Å². The molecule has 0 radical (unpaired) electrons. The van der Waals surface area contributed by atoms with E-state index in [0.29, 0.717) is 0 Å². The van der Waals surface area contributed by atoms with Crippen LogP contribution in [0.15, 0.2) is 60.7 Å². The standard InChI is InChI=1S/C12H10NOP/c14-15-13(11-7-3-1-4-8-11)12-9-5-2-6-10-12/h1-10H. The summed E-state index contributed by atoms with van der Waals surface area (Å²) in [6.45, 7) is 0. The molecule has 0 saturated heterocycles. The molecule has 0 aliphatic rings. The number of nitrogens with zero attached hydrogens (tertiary/aromatic N) is 1. The predicted octanol–water partition coefficient (Wildman–Crippen LogP) is 4.03. The lowest BCUT2D eigenvalue weighted by Gasteiger charge is -2.15. The van der Waals surface area contributed by atoms with Crippen LogP contribution in [-0.4, -0.2) is 0 Å². The zero-order valence-electron chi connectivity index (χ0n) is 8.08. The van der Waals surface area contributed by atoms with Crippen molar-refractivity contribution in [1.29, 1.82) is 0 Å². The van der Waals surface area contributed by atoms with Crippen LogP contribution in [0, 0.1) is 0 Å². The van der Waals surface area contributed by atoms with Crippen LogP contribution in [0.1, 0.15) is 0 Å². The molecule has 2 aromatic carbocycles. The van der Waals surface area contributed by atoms with E-state index in [1.54, 1.807) is 4.67 Å². The Morgan fingerprint density at radius 1 is 0.733 bits per heavy atom. The Morgan fingerprint density at radius 2 is 1.13 bits per heavy atom. The molecule has 0 atom stereocenters. The van der Waals surface area contributed by atoms with Crippen LogP contribution in [0.5, 0.6) is 0 Å². The van der Waals surface area contributed by atoms with E-state index in [-0.39, 0.29) is 8.61 Å². The highest BCUT2D eigenvalue weighted by molar-refractivity contribution is 7.26. The second-order valence-electron chi connectivity index (χ2n) is 3.06. The highest BCUT2D eigenvalue weighted by atomic mass is 31.1. The van der Waals surface area contributed by atoms with Crippen molar-refractivity contribution in [1.82, 2.24) is 0 Å². The fraction of sp³-hybridized carbons (Fsp3) is 0. The molecule has 0 heterocycles. The summed E-state index contributed by atoms with van der Waals surface area (Å²) >= 11 is 0. The number of para-hydroxylation sites is 2. The van der Waals surface area contributed by atoms with E-state index >= 15 is 0 Å². The van der Waals surface area contributed by atoms with E-state index in [0.717, 1.165) is 11.4 Å². The minimum absolute atomic E-state index is 0.0267. The van der Waals surface area contributed by atoms with Crippen molar-refractivity contribution in [3.63, 3.8) is 0 Å². The van der Waals surface area contributed by atoms with Crippen molar-refractivity contribution in [2.24, 2.45) is 0 Å². The van der Waals surface area contributed by atoms with E-state index in [2.05, 4.69) is 0 Å². The summed E-state index contributed by atoms with van der Waals surface area (Å²) in [5, 5.41) is 0. The molecule has 0 fully saturated rings. The van der Waals surface area contributed by atoms with Crippen LogP contribution in [0.25, 0.3) is 0 Å². The number of rotatable bonds is 3. The van der Waals surface area contributed by atoms with Gasteiger partial charge < -0.3 is 0 Å². The van der Waals surface area contributed by atoms with E-state index in [4.69, 9.17) is 0 Å². The molecule has 74 valence electrons. The van der Waals surface area contributed by atoms with Gasteiger partial charge in [-0.25, -0.2) is 4.57 Å². The number of hydrogen-bond donors (Lipinski definition) is 0. The zero-order chi connectivity index (χ0) is 10.5. The average molecular weight is 215 g/mol. The maximum absolute atomic E-state index is 11.1. The molecule has 0 aliphatic carbocycles. The maximum atomic E-state index is 11.1. The molecule has 0 spiro atoms. The van der Waals surface area contributed by atoms with Gasteiger partial charge in [-0.2, -0.15) is 0 Å². The van der Waals surface area contributed by atoms with Crippen LogP contribution in [0.4, 0.5) is 11.4 Å². The van der Waals surface area contributed by atoms with Crippen LogP contribution in [0.3, 0.4) is 0 Å². The van der Waals surface area contributed by atoms with Gasteiger partial charge in [0.25, 0.3) is 8.61 Å². The molecule has 0 saturated carbocycles. The highest BCUT2D eigenvalue weighted by Crippen LogP contribution is 2.30. The molecule has 0 amide bonds. The number of benzene rings is 2. The third-order valence-corrected chi connectivity index (χ3v) is 2.71. The van der Waals surface area contributed by atoms with Crippen molar-refractivity contribution < 1.29 is 4.57 Å². The van der Waals surface area contributed by atoms with Crippen molar-refractivity contribution >= 4 is 20.0 Å². The van der Waals surface area contributed by atoms with E-state index in [1.165, 1.54) is 0 Å². The van der Waals surface area contributed by atoms with Crippen molar-refractivity contribution in [3.8, 4) is 0 Å². The SMILES string of the molecule is O=PN(c1ccccc1)c1ccccc1. The minimum Gasteiger partial charge on any atom is -0.260 e. The fourth-order valence-electron chi connectivity index (χ4n) is 1.38. The van der Waals surface area contributed by atoms with Crippen molar-refractivity contribution in [2.45, 2.75) is 0 Å². The van der Waals surface area contributed by atoms with E-state index in [9.17, 15) is 4.57 Å². The summed E-state index contributed by atoms with van der Waals surface area (Å²) in [7, 11) is -0.0267. The van der Waals surface area contributed by atoms with Crippen LogP contribution < -0.4 is 4.67 Å². The Kier molecular flexibility index (Phi) is 3.11. The third kappa shape index (κ3) is 2.23. The summed E-state index contributed by atoms with van der Waals surface area (Å²) in [6.07, 6.45) is 0. The Bertz CT molecular complexity index is 390. The van der Waals surface area contributed by atoms with E-state index < -0.39 is 0 Å². The van der Waals surface area contributed by atoms with Gasteiger partial charge in [0.2, 0.25) is 0 Å². The third-order valence-electron chi connectivity index (χ3n) is 2.08. The molecular weight excluding hydrogens is 205 g/mol. The molecular formula is C12H10NOP. The summed E-state index contributed by atoms with van der Waals surface area (Å²) in [6, 6.07) is 19.3. The van der Waals surface area contributed by atoms with Gasteiger partial charge in [0.05, 0.1) is 11.4 Å². The Morgan fingerprint density at radius 3 is 1.47 bits per heavy atom. The van der Waals surface area contributed by atoms with Gasteiger partial charge in [-0.3, -0.25) is 4.67 Å². The van der Waals surface area contributed by atoms with Gasteiger partial charge in [0.1, 0.15) is 0 Å². The van der Waals surface area contributed by atoms with Gasteiger partial charge >= 0.3 is 0 Å². The molecule has 0 bridgehead atoms. The second-order valence-corrected chi connectivity index (χ2v) is 3.63. The molecule has 0 unspecified atom stereocenters. The Balaban J connectivity index is 2.38. The quantitative estimate of drug-likeness (QED) is 0.720. The number of hydrogen-bond acceptors (Lipinski definition) is 1. The minimum atomic E-state index is -0.0267. The first-order valence-electron chi connectivity index (χ1n) is 4.65.